The van der Waals surface area contributed by atoms with Crippen molar-refractivity contribution in [2.45, 2.75) is 39.3 Å². The molecule has 0 radical (unpaired) electrons. The van der Waals surface area contributed by atoms with E-state index < -0.39 is 0 Å². The van der Waals surface area contributed by atoms with E-state index in [9.17, 15) is 0 Å². The Morgan fingerprint density at radius 2 is 2.06 bits per heavy atom. The highest BCUT2D eigenvalue weighted by Gasteiger charge is 2.17. The zero-order valence-electron chi connectivity index (χ0n) is 10.8. The van der Waals surface area contributed by atoms with Gasteiger partial charge in [-0.1, -0.05) is 20.8 Å². The minimum absolute atomic E-state index is 0.146. The van der Waals surface area contributed by atoms with Gasteiger partial charge in [0.25, 0.3) is 0 Å². The second kappa shape index (κ2) is 5.82. The van der Waals surface area contributed by atoms with Gasteiger partial charge in [0, 0.05) is 28.8 Å². The Kier molecular flexibility index (Phi) is 4.59. The van der Waals surface area contributed by atoms with Crippen LogP contribution in [0.1, 0.15) is 36.3 Å². The number of nitrogens with one attached hydrogen (secondary N) is 1. The van der Waals surface area contributed by atoms with Crippen LogP contribution in [-0.4, -0.2) is 4.98 Å². The largest absolute Gasteiger partial charge is 0.306 e. The fourth-order valence-corrected chi connectivity index (χ4v) is 3.92. The topological polar surface area (TPSA) is 24.9 Å². The predicted molar refractivity (Wildman–Crippen MR) is 83.4 cm³/mol. The highest BCUT2D eigenvalue weighted by atomic mass is 79.9. The summed E-state index contributed by atoms with van der Waals surface area (Å²) in [6.07, 6.45) is 0. The van der Waals surface area contributed by atoms with E-state index in [2.05, 4.69) is 64.5 Å². The molecule has 2 aromatic heterocycles. The molecule has 1 N–H and O–H groups in total. The molecule has 0 aliphatic heterocycles. The lowest BCUT2D eigenvalue weighted by atomic mass is 9.93. The van der Waals surface area contributed by atoms with Gasteiger partial charge >= 0.3 is 0 Å². The van der Waals surface area contributed by atoms with Gasteiger partial charge in [-0.25, -0.2) is 4.98 Å². The molecule has 0 bridgehead atoms. The van der Waals surface area contributed by atoms with E-state index in [1.165, 1.54) is 14.4 Å². The number of hydrogen-bond donors (Lipinski definition) is 1. The van der Waals surface area contributed by atoms with Gasteiger partial charge in [0.1, 0.15) is 5.01 Å². The third-order valence-corrected chi connectivity index (χ3v) is 5.00. The van der Waals surface area contributed by atoms with E-state index in [1.54, 1.807) is 22.7 Å². The number of thiazole rings is 1. The zero-order valence-corrected chi connectivity index (χ0v) is 14.0. The minimum Gasteiger partial charge on any atom is -0.306 e. The first-order chi connectivity index (χ1) is 8.45. The summed E-state index contributed by atoms with van der Waals surface area (Å²) in [5, 5.41) is 6.76. The average molecular weight is 345 g/mol. The van der Waals surface area contributed by atoms with Crippen LogP contribution in [0.25, 0.3) is 0 Å². The van der Waals surface area contributed by atoms with Crippen molar-refractivity contribution in [3.05, 3.63) is 36.9 Å². The standard InChI is InChI=1S/C13H17BrN2S2/c1-13(2,3)10-8-17-12(16-10)7-15-6-9-4-5-11(14)18-9/h4-5,8,15H,6-7H2,1-3H3. The van der Waals surface area contributed by atoms with Gasteiger partial charge < -0.3 is 5.32 Å². The molecule has 0 spiro atoms. The van der Waals surface area contributed by atoms with E-state index in [-0.39, 0.29) is 5.41 Å². The summed E-state index contributed by atoms with van der Waals surface area (Å²) in [6.45, 7) is 8.34. The van der Waals surface area contributed by atoms with Crippen LogP contribution in [0.5, 0.6) is 0 Å². The molecular formula is C13H17BrN2S2. The van der Waals surface area contributed by atoms with Crippen LogP contribution in [-0.2, 0) is 18.5 Å². The molecule has 0 aromatic carbocycles. The van der Waals surface area contributed by atoms with Crippen molar-refractivity contribution in [2.75, 3.05) is 0 Å². The summed E-state index contributed by atoms with van der Waals surface area (Å²) in [4.78, 5) is 6.01. The van der Waals surface area contributed by atoms with Gasteiger partial charge in [-0.3, -0.25) is 0 Å². The Morgan fingerprint density at radius 3 is 2.61 bits per heavy atom. The Balaban J connectivity index is 1.85. The first-order valence-corrected chi connectivity index (χ1v) is 8.34. The second-order valence-corrected chi connectivity index (χ2v) is 8.68. The van der Waals surface area contributed by atoms with Crippen LogP contribution in [0.15, 0.2) is 21.3 Å². The van der Waals surface area contributed by atoms with Crippen molar-refractivity contribution >= 4 is 38.6 Å². The molecule has 0 aliphatic rings. The molecule has 2 aromatic rings. The molecular weight excluding hydrogens is 328 g/mol. The Morgan fingerprint density at radius 1 is 1.28 bits per heavy atom. The maximum absolute atomic E-state index is 4.67. The Bertz CT molecular complexity index is 511. The molecule has 0 atom stereocenters. The SMILES string of the molecule is CC(C)(C)c1csc(CNCc2ccc(Br)s2)n1. The number of halogens is 1. The third kappa shape index (κ3) is 3.88. The number of rotatable bonds is 4. The average Bonchev–Trinajstić information content (AvgIpc) is 2.87. The lowest BCUT2D eigenvalue weighted by Gasteiger charge is -2.14. The van der Waals surface area contributed by atoms with Crippen LogP contribution in [0.4, 0.5) is 0 Å². The predicted octanol–water partition coefficient (Wildman–Crippen LogP) is 4.55. The van der Waals surface area contributed by atoms with Crippen LogP contribution in [0.2, 0.25) is 0 Å². The van der Waals surface area contributed by atoms with Crippen molar-refractivity contribution in [3.63, 3.8) is 0 Å². The smallest absolute Gasteiger partial charge is 0.107 e. The molecule has 18 heavy (non-hydrogen) atoms. The third-order valence-electron chi connectivity index (χ3n) is 2.52. The van der Waals surface area contributed by atoms with Crippen molar-refractivity contribution in [3.8, 4) is 0 Å². The monoisotopic (exact) mass is 344 g/mol. The number of hydrogen-bond acceptors (Lipinski definition) is 4. The summed E-state index contributed by atoms with van der Waals surface area (Å²) in [7, 11) is 0. The van der Waals surface area contributed by atoms with Crippen molar-refractivity contribution in [1.29, 1.82) is 0 Å². The fourth-order valence-electron chi connectivity index (χ4n) is 1.48. The second-order valence-electron chi connectivity index (χ2n) is 5.19. The Hall–Kier alpha value is -0.230. The quantitative estimate of drug-likeness (QED) is 0.879. The van der Waals surface area contributed by atoms with Crippen molar-refractivity contribution < 1.29 is 0 Å². The summed E-state index contributed by atoms with van der Waals surface area (Å²) in [5.41, 5.74) is 1.33. The van der Waals surface area contributed by atoms with Gasteiger partial charge in [-0.2, -0.15) is 0 Å². The molecule has 0 unspecified atom stereocenters. The van der Waals surface area contributed by atoms with Gasteiger partial charge in [0.2, 0.25) is 0 Å². The minimum atomic E-state index is 0.146. The molecule has 5 heteroatoms. The summed E-state index contributed by atoms with van der Waals surface area (Å²) in [6, 6.07) is 4.23. The van der Waals surface area contributed by atoms with Crippen molar-refractivity contribution in [2.24, 2.45) is 0 Å². The summed E-state index contributed by atoms with van der Waals surface area (Å²) in [5.74, 6) is 0. The van der Waals surface area contributed by atoms with Gasteiger partial charge in [-0.05, 0) is 28.1 Å². The first-order valence-electron chi connectivity index (χ1n) is 5.85. The van der Waals surface area contributed by atoms with Crippen molar-refractivity contribution in [1.82, 2.24) is 10.3 Å². The molecule has 0 fully saturated rings. The normalized spacial score (nSPS) is 12.0. The van der Waals surface area contributed by atoms with Crippen LogP contribution in [0.3, 0.4) is 0 Å². The molecule has 2 nitrogen and oxygen atoms in total. The molecule has 0 aliphatic carbocycles. The number of nitrogens with zero attached hydrogens (tertiary/aromatic N) is 1. The first kappa shape index (κ1) is 14.2. The highest BCUT2D eigenvalue weighted by molar-refractivity contribution is 9.11. The molecule has 2 heterocycles. The number of aromatic nitrogens is 1. The fraction of sp³-hybridized carbons (Fsp3) is 0.462. The lowest BCUT2D eigenvalue weighted by molar-refractivity contribution is 0.568. The summed E-state index contributed by atoms with van der Waals surface area (Å²) < 4.78 is 1.18. The zero-order chi connectivity index (χ0) is 13.2. The lowest BCUT2D eigenvalue weighted by Crippen LogP contribution is -2.14. The molecule has 98 valence electrons. The molecule has 0 amide bonds. The number of thiophene rings is 1. The summed E-state index contributed by atoms with van der Waals surface area (Å²) >= 11 is 6.98. The van der Waals surface area contributed by atoms with E-state index >= 15 is 0 Å². The van der Waals surface area contributed by atoms with Gasteiger partial charge in [0.05, 0.1) is 9.48 Å². The van der Waals surface area contributed by atoms with E-state index in [0.717, 1.165) is 18.1 Å². The molecule has 0 saturated carbocycles. The van der Waals surface area contributed by atoms with E-state index in [4.69, 9.17) is 0 Å². The van der Waals surface area contributed by atoms with Crippen LogP contribution < -0.4 is 5.32 Å². The van der Waals surface area contributed by atoms with E-state index in [0.29, 0.717) is 0 Å². The van der Waals surface area contributed by atoms with Gasteiger partial charge in [0.15, 0.2) is 0 Å². The maximum atomic E-state index is 4.67. The molecule has 2 rings (SSSR count). The van der Waals surface area contributed by atoms with E-state index in [1.807, 2.05) is 0 Å². The maximum Gasteiger partial charge on any atom is 0.107 e. The van der Waals surface area contributed by atoms with Gasteiger partial charge in [-0.15, -0.1) is 22.7 Å². The van der Waals surface area contributed by atoms with Crippen LogP contribution >= 0.6 is 38.6 Å². The molecule has 0 saturated heterocycles. The van der Waals surface area contributed by atoms with Crippen LogP contribution in [0, 0.1) is 0 Å². The Labute approximate surface area is 125 Å². The highest BCUT2D eigenvalue weighted by Crippen LogP contribution is 2.24.